The minimum absolute atomic E-state index is 0.0208. The van der Waals surface area contributed by atoms with Crippen molar-refractivity contribution in [2.24, 2.45) is 34.0 Å². The Kier molecular flexibility index (Phi) is 3.04. The number of carboxylic acids is 1. The number of carboxylic acid groups (broad SMARTS) is 1. The van der Waals surface area contributed by atoms with Crippen LogP contribution < -0.4 is 0 Å². The van der Waals surface area contributed by atoms with E-state index in [0.717, 1.165) is 38.5 Å². The van der Waals surface area contributed by atoms with E-state index >= 15 is 0 Å². The second-order valence-electron chi connectivity index (χ2n) is 10.2. The molecule has 5 aliphatic rings. The highest BCUT2D eigenvalue weighted by Gasteiger charge is 2.78. The standard InChI is InChI=1S/C20H30O5/c1-17-5-3-6-18(2,16(23)24)13(17)4-7-19-9-11(8-12(21)14(17)19)20(10-25-20)15(19)22/h11-15,21-22H,3-10H2,1-2H3,(H,23,24)/t11-,12-,13-,14-,15-,17+,18+,19+,20+/m0/s1. The minimum Gasteiger partial charge on any atom is -0.481 e. The Labute approximate surface area is 148 Å². The lowest BCUT2D eigenvalue weighted by atomic mass is 9.40. The third kappa shape index (κ3) is 1.69. The molecule has 0 aromatic rings. The second-order valence-corrected chi connectivity index (χ2v) is 10.2. The predicted octanol–water partition coefficient (Wildman–Crippen LogP) is 2.19. The van der Waals surface area contributed by atoms with E-state index in [9.17, 15) is 20.1 Å². The molecule has 0 unspecified atom stereocenters. The number of aliphatic hydroxyl groups is 2. The highest BCUT2D eigenvalue weighted by atomic mass is 16.6. The molecule has 5 fully saturated rings. The van der Waals surface area contributed by atoms with Crippen molar-refractivity contribution in [3.05, 3.63) is 0 Å². The number of rotatable bonds is 1. The monoisotopic (exact) mass is 350 g/mol. The summed E-state index contributed by atoms with van der Waals surface area (Å²) in [6.45, 7) is 4.73. The van der Waals surface area contributed by atoms with Gasteiger partial charge in [-0.05, 0) is 68.6 Å². The summed E-state index contributed by atoms with van der Waals surface area (Å²) in [7, 11) is 0. The lowest BCUT2D eigenvalue weighted by molar-refractivity contribution is -0.214. The van der Waals surface area contributed by atoms with E-state index in [1.807, 2.05) is 6.92 Å². The molecular weight excluding hydrogens is 320 g/mol. The molecule has 1 saturated heterocycles. The van der Waals surface area contributed by atoms with Crippen LogP contribution in [0.15, 0.2) is 0 Å². The van der Waals surface area contributed by atoms with Gasteiger partial charge in [0.15, 0.2) is 0 Å². The van der Waals surface area contributed by atoms with E-state index in [1.165, 1.54) is 0 Å². The van der Waals surface area contributed by atoms with Crippen molar-refractivity contribution in [2.75, 3.05) is 6.61 Å². The molecule has 0 aromatic heterocycles. The van der Waals surface area contributed by atoms with Crippen molar-refractivity contribution in [2.45, 2.75) is 76.6 Å². The van der Waals surface area contributed by atoms with Gasteiger partial charge in [0.2, 0.25) is 0 Å². The second kappa shape index (κ2) is 4.60. The molecule has 4 aliphatic carbocycles. The van der Waals surface area contributed by atoms with Gasteiger partial charge in [0.25, 0.3) is 0 Å². The summed E-state index contributed by atoms with van der Waals surface area (Å²) in [4.78, 5) is 12.1. The van der Waals surface area contributed by atoms with Gasteiger partial charge in [0, 0.05) is 5.41 Å². The van der Waals surface area contributed by atoms with E-state index < -0.39 is 29.2 Å². The first-order valence-electron chi connectivity index (χ1n) is 9.94. The molecule has 0 amide bonds. The van der Waals surface area contributed by atoms with Crippen LogP contribution in [0.2, 0.25) is 0 Å². The summed E-state index contributed by atoms with van der Waals surface area (Å²) >= 11 is 0. The largest absolute Gasteiger partial charge is 0.481 e. The Bertz CT molecular complexity index is 630. The van der Waals surface area contributed by atoms with E-state index in [1.54, 1.807) is 0 Å². The zero-order valence-corrected chi connectivity index (χ0v) is 15.2. The SMILES string of the molecule is C[C@@]12CCC[C@@](C)(C(=O)O)[C@H]1CC[C@@]13C[C@H](C[C@H](O)[C@@H]21)[C@]1(CO1)[C@H]3O. The zero-order chi connectivity index (χ0) is 17.8. The summed E-state index contributed by atoms with van der Waals surface area (Å²) in [5, 5.41) is 32.4. The lowest BCUT2D eigenvalue weighted by Crippen LogP contribution is -2.63. The number of epoxide rings is 1. The molecule has 25 heavy (non-hydrogen) atoms. The van der Waals surface area contributed by atoms with Gasteiger partial charge in [0.1, 0.15) is 5.60 Å². The fraction of sp³-hybridized carbons (Fsp3) is 0.950. The summed E-state index contributed by atoms with van der Waals surface area (Å²) < 4.78 is 5.77. The van der Waals surface area contributed by atoms with Gasteiger partial charge < -0.3 is 20.1 Å². The van der Waals surface area contributed by atoms with Crippen molar-refractivity contribution in [1.29, 1.82) is 0 Å². The molecule has 2 spiro atoms. The number of hydrogen-bond acceptors (Lipinski definition) is 4. The molecule has 5 rings (SSSR count). The Morgan fingerprint density at radius 2 is 1.88 bits per heavy atom. The first kappa shape index (κ1) is 16.5. The molecule has 1 heterocycles. The van der Waals surface area contributed by atoms with Crippen molar-refractivity contribution >= 4 is 5.97 Å². The first-order valence-corrected chi connectivity index (χ1v) is 9.94. The normalized spacial score (nSPS) is 62.3. The summed E-state index contributed by atoms with van der Waals surface area (Å²) in [5.74, 6) is -0.399. The van der Waals surface area contributed by atoms with Crippen molar-refractivity contribution in [3.8, 4) is 0 Å². The topological polar surface area (TPSA) is 90.3 Å². The summed E-state index contributed by atoms with van der Waals surface area (Å²) in [6.07, 6.45) is 4.87. The molecule has 140 valence electrons. The molecular formula is C20H30O5. The van der Waals surface area contributed by atoms with Crippen LogP contribution in [-0.2, 0) is 9.53 Å². The van der Waals surface area contributed by atoms with Crippen LogP contribution in [0.1, 0.15) is 58.8 Å². The van der Waals surface area contributed by atoms with Gasteiger partial charge in [-0.3, -0.25) is 4.79 Å². The van der Waals surface area contributed by atoms with Gasteiger partial charge in [-0.2, -0.15) is 0 Å². The number of carbonyl (C=O) groups is 1. The highest BCUT2D eigenvalue weighted by Crippen LogP contribution is 2.74. The predicted molar refractivity (Wildman–Crippen MR) is 89.8 cm³/mol. The van der Waals surface area contributed by atoms with Crippen molar-refractivity contribution in [1.82, 2.24) is 0 Å². The fourth-order valence-corrected chi connectivity index (χ4v) is 8.41. The molecule has 0 aromatic carbocycles. The number of aliphatic hydroxyl groups excluding tert-OH is 2. The maximum absolute atomic E-state index is 12.1. The van der Waals surface area contributed by atoms with Crippen LogP contribution in [0.4, 0.5) is 0 Å². The van der Waals surface area contributed by atoms with Crippen LogP contribution in [-0.4, -0.2) is 45.7 Å². The molecule has 3 N–H and O–H groups in total. The third-order valence-electron chi connectivity index (χ3n) is 9.41. The molecule has 4 saturated carbocycles. The molecule has 5 nitrogen and oxygen atoms in total. The Balaban J connectivity index is 1.61. The van der Waals surface area contributed by atoms with E-state index in [2.05, 4.69) is 6.92 Å². The Morgan fingerprint density at radius 1 is 1.16 bits per heavy atom. The van der Waals surface area contributed by atoms with Crippen molar-refractivity contribution < 1.29 is 24.9 Å². The zero-order valence-electron chi connectivity index (χ0n) is 15.2. The van der Waals surface area contributed by atoms with E-state index in [-0.39, 0.29) is 28.6 Å². The maximum Gasteiger partial charge on any atom is 0.309 e. The average molecular weight is 350 g/mol. The molecule has 1 aliphatic heterocycles. The molecule has 5 heteroatoms. The number of aliphatic carboxylic acids is 1. The molecule has 2 bridgehead atoms. The smallest absolute Gasteiger partial charge is 0.309 e. The number of hydrogen-bond donors (Lipinski definition) is 3. The van der Waals surface area contributed by atoms with Crippen LogP contribution in [0.25, 0.3) is 0 Å². The number of ether oxygens (including phenoxy) is 1. The highest BCUT2D eigenvalue weighted by molar-refractivity contribution is 5.75. The fourth-order valence-electron chi connectivity index (χ4n) is 8.41. The summed E-state index contributed by atoms with van der Waals surface area (Å²) in [5.41, 5.74) is -1.65. The van der Waals surface area contributed by atoms with Crippen LogP contribution >= 0.6 is 0 Å². The van der Waals surface area contributed by atoms with Gasteiger partial charge in [-0.25, -0.2) is 0 Å². The molecule has 9 atom stereocenters. The lowest BCUT2D eigenvalue weighted by Gasteiger charge is -2.64. The average Bonchev–Trinajstić information content (AvgIpc) is 3.31. The Hall–Kier alpha value is -0.650. The molecule has 0 radical (unpaired) electrons. The maximum atomic E-state index is 12.1. The van der Waals surface area contributed by atoms with Gasteiger partial charge in [0.05, 0.1) is 24.2 Å². The Morgan fingerprint density at radius 3 is 2.52 bits per heavy atom. The van der Waals surface area contributed by atoms with Gasteiger partial charge >= 0.3 is 5.97 Å². The van der Waals surface area contributed by atoms with Crippen molar-refractivity contribution in [3.63, 3.8) is 0 Å². The summed E-state index contributed by atoms with van der Waals surface area (Å²) in [6, 6.07) is 0. The minimum atomic E-state index is -0.720. The van der Waals surface area contributed by atoms with Crippen LogP contribution in [0.5, 0.6) is 0 Å². The quantitative estimate of drug-likeness (QED) is 0.631. The van der Waals surface area contributed by atoms with Gasteiger partial charge in [-0.1, -0.05) is 13.3 Å². The van der Waals surface area contributed by atoms with E-state index in [0.29, 0.717) is 13.0 Å². The van der Waals surface area contributed by atoms with Crippen LogP contribution in [0, 0.1) is 34.0 Å². The van der Waals surface area contributed by atoms with E-state index in [4.69, 9.17) is 4.74 Å². The van der Waals surface area contributed by atoms with Crippen LogP contribution in [0.3, 0.4) is 0 Å². The van der Waals surface area contributed by atoms with Gasteiger partial charge in [-0.15, -0.1) is 0 Å². The first-order chi connectivity index (χ1) is 11.7. The number of fused-ring (bicyclic) bond motifs is 4. The third-order valence-corrected chi connectivity index (χ3v) is 9.41.